The Labute approximate surface area is 604 Å². The van der Waals surface area contributed by atoms with Gasteiger partial charge in [0.2, 0.25) is 0 Å². The van der Waals surface area contributed by atoms with Crippen LogP contribution >= 0.6 is 0 Å². The summed E-state index contributed by atoms with van der Waals surface area (Å²) in [7, 11) is 0. The van der Waals surface area contributed by atoms with E-state index in [0.717, 1.165) is 0 Å². The van der Waals surface area contributed by atoms with E-state index >= 15 is 0 Å². The molecule has 0 aromatic heterocycles. The number of carbonyl (C=O) groups is 12. The molecule has 0 heterocycles. The Hall–Kier alpha value is -0.567. The van der Waals surface area contributed by atoms with Gasteiger partial charge in [-0.05, 0) is 60.3 Å². The molecule has 0 spiro atoms. The van der Waals surface area contributed by atoms with Crippen LogP contribution in [0.2, 0.25) is 0 Å². The van der Waals surface area contributed by atoms with Crippen LogP contribution in [0.3, 0.4) is 0 Å². The maximum Gasteiger partial charge on any atom is 1.00 e. The fourth-order valence-electron chi connectivity index (χ4n) is 0.570. The summed E-state index contributed by atoms with van der Waals surface area (Å²) < 4.78 is 0. The number of aliphatic carboxylic acids is 12. The predicted octanol–water partition coefficient (Wildman–Crippen LogP) is -28.5. The van der Waals surface area contributed by atoms with E-state index < -0.39 is 126 Å². The van der Waals surface area contributed by atoms with Crippen LogP contribution in [0.4, 0.5) is 0 Å². The number of nitrogens with two attached hydrogens (primary N) is 12. The first kappa shape index (κ1) is 124. The summed E-state index contributed by atoms with van der Waals surface area (Å²) in [4.78, 5) is 114. The molecule has 0 fully saturated rings. The normalized spacial score (nSPS) is 11.7. The van der Waals surface area contributed by atoms with Gasteiger partial charge < -0.3 is 154 Å². The fourth-order valence-corrected chi connectivity index (χ4v) is 0.570. The summed E-state index contributed by atoms with van der Waals surface area (Å²) >= 11 is 0. The van der Waals surface area contributed by atoms with Crippen LogP contribution in [0.15, 0.2) is 0 Å². The van der Waals surface area contributed by atoms with E-state index in [1.807, 2.05) is 0 Å². The summed E-state index contributed by atoms with van der Waals surface area (Å²) in [5.41, 5.74) is 57.6. The van der Waals surface area contributed by atoms with Gasteiger partial charge in [0.05, 0.1) is 49.5 Å². The molecule has 31 N–H and O–H groups in total. The van der Waals surface area contributed by atoms with Gasteiger partial charge >= 0.3 is 233 Å². The predicted molar refractivity (Wildman–Crippen MR) is 247 cm³/mol. The number of rotatable bonds is 14. The summed E-state index contributed by atoms with van der Waals surface area (Å²) in [6, 6.07) is -7.10. The van der Waals surface area contributed by atoms with Gasteiger partial charge in [0, 0.05) is 30.2 Å². The minimum atomic E-state index is -1.21. The Bertz CT molecular complexity index is 1300. The molecule has 0 rings (SSSR count). The molecule has 78 heavy (non-hydrogen) atoms. The second-order valence-corrected chi connectivity index (χ2v) is 13.8. The summed E-state index contributed by atoms with van der Waals surface area (Å²) in [6.07, 6.45) is 0. The molecule has 0 aromatic carbocycles. The van der Waals surface area contributed by atoms with Crippen molar-refractivity contribution in [2.24, 2.45) is 80.6 Å². The quantitative estimate of drug-likeness (QED) is 0.0718. The standard InChI is InChI=1S/2C5H11NO2.7C3H7NO2.3C2H5NO2.2K.3Na/c2*1-3(2)4(6)5(7)8;7*1-2(4)3(5)6;3*3-1-2(4)5;;;;;/h2*3-4H,6H2,1-2H3,(H,7,8);7*2H,4H2,1H3,(H,5,6);3*1,3H2,(H,4,5);;;;;/q;;;;;;;;;;;;5*+1/p-5. The van der Waals surface area contributed by atoms with Gasteiger partial charge in [-0.25, -0.2) is 0 Å². The number of carboxylic acids is 12. The number of hydrogen-bond acceptors (Lipinski definition) is 29. The second-order valence-electron chi connectivity index (χ2n) is 13.8. The van der Waals surface area contributed by atoms with E-state index in [1.165, 1.54) is 48.5 Å². The molecule has 0 aliphatic rings. The van der Waals surface area contributed by atoms with E-state index in [4.69, 9.17) is 87.3 Å². The first-order chi connectivity index (χ1) is 32.4. The maximum absolute atomic E-state index is 10.0. The van der Waals surface area contributed by atoms with Gasteiger partial charge in [0.25, 0.3) is 0 Å². The zero-order valence-electron chi connectivity index (χ0n) is 47.5. The molecule has 0 saturated heterocycles. The van der Waals surface area contributed by atoms with Crippen LogP contribution in [-0.2, 0) is 57.5 Å². The van der Waals surface area contributed by atoms with E-state index in [9.17, 15) is 83.1 Å². The molecule has 9 atom stereocenters. The summed E-state index contributed by atoms with van der Waals surface area (Å²) in [6.45, 7) is 15.9. The van der Waals surface area contributed by atoms with Gasteiger partial charge in [-0.3, -0.25) is 33.6 Å². The molecule has 0 radical (unpaired) electrons. The number of hydrogen-bond donors (Lipinski definition) is 19. The minimum absolute atomic E-state index is 0. The van der Waals surface area contributed by atoms with Crippen molar-refractivity contribution in [2.75, 3.05) is 19.6 Å². The minimum Gasteiger partial charge on any atom is -0.548 e. The van der Waals surface area contributed by atoms with E-state index in [0.29, 0.717) is 0 Å². The zero-order chi connectivity index (χ0) is 62.4. The molecule has 0 aliphatic carbocycles. The molecule has 41 heteroatoms. The van der Waals surface area contributed by atoms with Crippen molar-refractivity contribution < 1.29 is 310 Å². The van der Waals surface area contributed by atoms with Crippen molar-refractivity contribution in [1.29, 1.82) is 0 Å². The number of carboxylic acid groups (broad SMARTS) is 12. The zero-order valence-corrected chi connectivity index (χ0v) is 59.7. The van der Waals surface area contributed by atoms with Crippen molar-refractivity contribution in [3.63, 3.8) is 0 Å². The summed E-state index contributed by atoms with van der Waals surface area (Å²) in [5, 5.41) is 102. The van der Waals surface area contributed by atoms with Crippen molar-refractivity contribution in [3.8, 4) is 0 Å². The second kappa shape index (κ2) is 85.2. The monoisotopic (exact) mass is 1220 g/mol. The van der Waals surface area contributed by atoms with Crippen molar-refractivity contribution in [3.05, 3.63) is 0 Å². The van der Waals surface area contributed by atoms with E-state index in [2.05, 4.69) is 17.2 Å². The maximum atomic E-state index is 10.0. The van der Waals surface area contributed by atoms with E-state index in [1.54, 1.807) is 27.7 Å². The van der Waals surface area contributed by atoms with Crippen LogP contribution in [0.5, 0.6) is 0 Å². The molecule has 0 aromatic rings. The molecule has 0 bridgehead atoms. The van der Waals surface area contributed by atoms with Crippen LogP contribution in [-0.4, -0.2) is 181 Å². The third kappa shape index (κ3) is 171. The first-order valence-electron chi connectivity index (χ1n) is 19.9. The Morgan fingerprint density at radius 3 is 0.372 bits per heavy atom. The first-order valence-corrected chi connectivity index (χ1v) is 19.9. The van der Waals surface area contributed by atoms with Gasteiger partial charge in [-0.2, -0.15) is 0 Å². The molecular weight excluding hydrogens is 1140 g/mol. The molecular formula is C37H81K2N12Na3O24. The van der Waals surface area contributed by atoms with Gasteiger partial charge in [-0.15, -0.1) is 0 Å². The molecule has 36 nitrogen and oxygen atoms in total. The van der Waals surface area contributed by atoms with Crippen molar-refractivity contribution >= 4 is 71.6 Å². The molecule has 9 unspecified atom stereocenters. The average molecular weight is 1230 g/mol. The third-order valence-corrected chi connectivity index (χ3v) is 5.17. The van der Waals surface area contributed by atoms with Gasteiger partial charge in [-0.1, -0.05) is 27.7 Å². The Balaban J connectivity index is -0.0000000346. The molecule has 0 aliphatic heterocycles. The van der Waals surface area contributed by atoms with Gasteiger partial charge in [0.15, 0.2) is 0 Å². The largest absolute Gasteiger partial charge is 1.00 e. The van der Waals surface area contributed by atoms with E-state index in [-0.39, 0.29) is 223 Å². The smallest absolute Gasteiger partial charge is 0.548 e. The molecule has 0 amide bonds. The van der Waals surface area contributed by atoms with Crippen molar-refractivity contribution in [2.45, 2.75) is 131 Å². The van der Waals surface area contributed by atoms with Crippen molar-refractivity contribution in [1.82, 2.24) is 0 Å². The molecule has 438 valence electrons. The SMILES string of the molecule is CC(C)C(N)C(=O)O.CC(C)C(N)C(=O)O.CC(N)C(=O)O.CC(N)C(=O)O.CC(N)C(=O)[O-].CC(N)C(=O)[O-].CC(N)C(=O)[O-].CC(N)C(=O)[O-].CC(N)C(=O)[O-].NCC(=O)O.NCC(=O)O.NCC(=O)O.[K+].[K+].[Na+].[Na+].[Na+]. The Morgan fingerprint density at radius 2 is 0.372 bits per heavy atom. The van der Waals surface area contributed by atoms with Crippen LogP contribution in [0.1, 0.15) is 76.2 Å². The van der Waals surface area contributed by atoms with Crippen LogP contribution in [0, 0.1) is 11.8 Å². The Kier molecular flexibility index (Phi) is 135. The van der Waals surface area contributed by atoms with Crippen LogP contribution in [0.25, 0.3) is 0 Å². The van der Waals surface area contributed by atoms with Gasteiger partial charge in [0.1, 0.15) is 24.2 Å². The molecule has 0 saturated carbocycles. The number of carbonyl (C=O) groups excluding carboxylic acids is 5. The fraction of sp³-hybridized carbons (Fsp3) is 0.676. The van der Waals surface area contributed by atoms with Crippen LogP contribution < -0.4 is 286 Å². The average Bonchev–Trinajstić information content (AvgIpc) is 3.24. The Morgan fingerprint density at radius 1 is 0.295 bits per heavy atom. The third-order valence-electron chi connectivity index (χ3n) is 5.17. The summed E-state index contributed by atoms with van der Waals surface area (Å²) in [5.74, 6) is -12.7. The topological polar surface area (TPSA) is 774 Å².